The number of rotatable bonds is 10. The van der Waals surface area contributed by atoms with Crippen LogP contribution in [0.4, 0.5) is 9.18 Å². The van der Waals surface area contributed by atoms with Gasteiger partial charge in [0.15, 0.2) is 0 Å². The number of likely N-dealkylation sites (tertiary alicyclic amines) is 1. The topological polar surface area (TPSA) is 325 Å². The van der Waals surface area contributed by atoms with E-state index in [0.717, 1.165) is 59.2 Å². The Hall–Kier alpha value is -4.68. The smallest absolute Gasteiger partial charge is 0.870 e. The van der Waals surface area contributed by atoms with Crippen molar-refractivity contribution in [2.75, 3.05) is 139 Å². The van der Waals surface area contributed by atoms with Crippen LogP contribution in [-0.2, 0) is 71.9 Å². The summed E-state index contributed by atoms with van der Waals surface area (Å²) in [4.78, 5) is 119. The molecular weight excluding hydrogens is 1530 g/mol. The number of hydrogen-bond donors (Lipinski definition) is 3. The fraction of sp³-hybridized carbons (Fsp3) is 0.409. The summed E-state index contributed by atoms with van der Waals surface area (Å²) < 4.78 is 20.4. The standard InChI is InChI=1S/C20H24N6O2.C20H22N6O2.C12H6Cl2N2O2.C8H15NO2.2C2H5.CH3F.CH4O.4Co.K.H2O/c2*27-19(25-9-5-21-6-10-25)15-1-3-23-17(13-15)18-14-16(2-4-24-18)20(28)26-11-7-22-8-12-26;13-11(17)7-1-3-15-9(5-7)10-6-8(12(14)18)2-4-16-10;1-2-11-8(10)9-6-4-3-5-7-9;4*1-2;;;;;;/h1-4,13-14,21-22H,5-12H2;1-4,13-14H,5-12H2;1-6H;2-7H2,1H3;2*1H2,2H3;1H3;2H,1H3;;;;;;1H2/q;-2;;;2*-1;;;;;;;+1;/p-1/i;;;;;;1D;;;;;;;. The third-order valence-corrected chi connectivity index (χ3v) is 14.6. The minimum atomic E-state index is -1.00. The maximum absolute atomic E-state index is 12.7. The van der Waals surface area contributed by atoms with Crippen LogP contribution in [-0.4, -0.2) is 244 Å². The summed E-state index contributed by atoms with van der Waals surface area (Å²) in [6.07, 6.45) is 12.7. The van der Waals surface area contributed by atoms with Crippen molar-refractivity contribution in [1.82, 2.24) is 65.0 Å². The van der Waals surface area contributed by atoms with E-state index in [1.54, 1.807) is 102 Å². The number of amides is 5. The second kappa shape index (κ2) is 56.8. The molecule has 99 heavy (non-hydrogen) atoms. The third-order valence-electron chi connectivity index (χ3n) is 14.2. The summed E-state index contributed by atoms with van der Waals surface area (Å²) in [6.45, 7) is 25.4. The molecule has 0 spiro atoms. The van der Waals surface area contributed by atoms with Crippen molar-refractivity contribution in [1.29, 1.82) is 0 Å². The third kappa shape index (κ3) is 32.7. The van der Waals surface area contributed by atoms with Gasteiger partial charge in [-0.2, -0.15) is 13.8 Å². The van der Waals surface area contributed by atoms with Gasteiger partial charge in [0.05, 0.1) is 49.3 Å². The zero-order valence-corrected chi connectivity index (χ0v) is 64.8. The van der Waals surface area contributed by atoms with Gasteiger partial charge < -0.3 is 74.9 Å². The maximum Gasteiger partial charge on any atom is 1.00 e. The van der Waals surface area contributed by atoms with Crippen molar-refractivity contribution < 1.29 is 173 Å². The van der Waals surface area contributed by atoms with Crippen LogP contribution in [0.5, 0.6) is 0 Å². The number of nitrogens with zero attached hydrogens (tertiary/aromatic N) is 13. The second-order valence-corrected chi connectivity index (χ2v) is 20.6. The van der Waals surface area contributed by atoms with E-state index >= 15 is 0 Å². The number of halogens is 3. The number of nitrogens with one attached hydrogen (secondary N) is 2. The molecule has 0 saturated carbocycles. The molecule has 0 unspecified atom stereocenters. The molecule has 6 aromatic rings. The number of hydrogen-bond acceptors (Lipinski definition) is 18. The van der Waals surface area contributed by atoms with Gasteiger partial charge in [0.1, 0.15) is 0 Å². The molecule has 11 rings (SSSR count). The molecule has 5 aliphatic heterocycles. The first-order valence-corrected chi connectivity index (χ1v) is 31.2. The van der Waals surface area contributed by atoms with Crippen molar-refractivity contribution in [2.45, 2.75) is 40.0 Å². The number of aliphatic hydroxyl groups excluding tert-OH is 1. The molecule has 33 heteroatoms. The first-order valence-electron chi connectivity index (χ1n) is 31.1. The Balaban J connectivity index is -0.00000123. The maximum atomic E-state index is 12.7. The predicted octanol–water partition coefficient (Wildman–Crippen LogP) is 5.26. The van der Waals surface area contributed by atoms with Gasteiger partial charge in [-0.3, -0.25) is 63.1 Å². The van der Waals surface area contributed by atoms with Gasteiger partial charge in [-0.05, 0) is 122 Å². The van der Waals surface area contributed by atoms with E-state index in [2.05, 4.69) is 65.0 Å². The summed E-state index contributed by atoms with van der Waals surface area (Å²) >= 11 is 10.8. The number of ether oxygens (including phenoxy) is 1. The molecule has 4 radical (unpaired) electrons. The predicted molar refractivity (Wildman–Crippen MR) is 360 cm³/mol. The number of aliphatic hydroxyl groups is 1. The summed E-state index contributed by atoms with van der Waals surface area (Å²) in [6, 6.07) is 19.9. The average molecular weight is 1610 g/mol. The molecule has 0 aromatic carbocycles. The average Bonchev–Trinajstić information content (AvgIpc) is 0.853. The van der Waals surface area contributed by atoms with E-state index in [-0.39, 0.29) is 154 Å². The molecular formula is C66H85Cl2Co4FKN15O10-4. The van der Waals surface area contributed by atoms with E-state index in [1.807, 2.05) is 16.7 Å². The number of aromatic nitrogens is 6. The summed E-state index contributed by atoms with van der Waals surface area (Å²) in [5.41, 5.74) is 6.18. The van der Waals surface area contributed by atoms with Crippen LogP contribution >= 0.6 is 23.2 Å². The zero-order chi connectivity index (χ0) is 68.6. The number of pyridine rings is 6. The fourth-order valence-corrected chi connectivity index (χ4v) is 9.81. The largest absolute Gasteiger partial charge is 1.00 e. The van der Waals surface area contributed by atoms with Gasteiger partial charge in [0.25, 0.3) is 34.1 Å². The molecule has 0 atom stereocenters. The Morgan fingerprint density at radius 1 is 0.465 bits per heavy atom. The Labute approximate surface area is 675 Å². The summed E-state index contributed by atoms with van der Waals surface area (Å²) in [5, 5.41) is 20.9. The minimum Gasteiger partial charge on any atom is -0.870 e. The van der Waals surface area contributed by atoms with E-state index in [1.165, 1.54) is 43.1 Å². The van der Waals surface area contributed by atoms with Gasteiger partial charge in [-0.15, -0.1) is 26.2 Å². The zero-order valence-electron chi connectivity index (χ0n) is 57.0. The summed E-state index contributed by atoms with van der Waals surface area (Å²) in [7, 11) is 0. The van der Waals surface area contributed by atoms with Crippen molar-refractivity contribution in [2.24, 2.45) is 0 Å². The number of piperidine rings is 1. The molecule has 11 heterocycles. The van der Waals surface area contributed by atoms with E-state index in [4.69, 9.17) is 34.4 Å². The van der Waals surface area contributed by atoms with Crippen molar-refractivity contribution in [3.63, 3.8) is 0 Å². The fourth-order valence-electron chi connectivity index (χ4n) is 9.58. The van der Waals surface area contributed by atoms with Crippen molar-refractivity contribution in [3.05, 3.63) is 168 Å². The normalized spacial score (nSPS) is 14.1. The molecule has 0 aliphatic carbocycles. The summed E-state index contributed by atoms with van der Waals surface area (Å²) in [5.74, 6) is -0.0536. The van der Waals surface area contributed by atoms with Gasteiger partial charge in [-0.1, -0.05) is 0 Å². The van der Waals surface area contributed by atoms with Crippen LogP contribution in [0, 0.1) is 13.8 Å². The van der Waals surface area contributed by atoms with Gasteiger partial charge >= 0.3 is 57.5 Å². The Morgan fingerprint density at radius 2 is 0.697 bits per heavy atom. The number of alkyl halides is 1. The van der Waals surface area contributed by atoms with Crippen LogP contribution in [0.25, 0.3) is 44.8 Å². The Morgan fingerprint density at radius 3 is 0.939 bits per heavy atom. The molecule has 5 aliphatic rings. The van der Waals surface area contributed by atoms with Crippen LogP contribution in [0.3, 0.4) is 0 Å². The molecule has 5 fully saturated rings. The monoisotopic (exact) mass is 1610 g/mol. The molecule has 0 bridgehead atoms. The van der Waals surface area contributed by atoms with E-state index < -0.39 is 17.6 Å². The van der Waals surface area contributed by atoms with Crippen LogP contribution in [0.2, 0.25) is 0 Å². The molecule has 6 aromatic heterocycles. The van der Waals surface area contributed by atoms with Crippen LogP contribution < -0.4 is 62.0 Å². The van der Waals surface area contributed by atoms with Crippen LogP contribution in [0.1, 0.15) is 104 Å². The van der Waals surface area contributed by atoms with Crippen LogP contribution in [0.15, 0.2) is 110 Å². The van der Waals surface area contributed by atoms with Gasteiger partial charge in [0.2, 0.25) is 0 Å². The van der Waals surface area contributed by atoms with Gasteiger partial charge in [-0.25, -0.2) is 4.79 Å². The molecule has 4 N–H and O–H groups in total. The van der Waals surface area contributed by atoms with Crippen molar-refractivity contribution in [3.8, 4) is 34.2 Å². The SMILES string of the molecule is CCOC(=O)N1CCCCC1.CO.O=C(Cl)c1ccnc(-c2cc(C(=O)Cl)ccn2)c1.O=C(c1ccnc(-c2cc(C(=O)N3CCNCC3)ccn2)c1)N1CCNCC1.O=C(c1ccnc(-c2cc(C(=O)N3CC[N-]CC3)ccn2)c1)N1CC[N-]CC1.[2H]CF.[CH2-]C.[CH2-]C.[Co].[Co].[Co].[Co].[K+].[OH-]. The first kappa shape index (κ1) is 96.4. The van der Waals surface area contributed by atoms with E-state index in [0.29, 0.717) is 153 Å². The second-order valence-electron chi connectivity index (χ2n) is 19.9. The Kier molecular flexibility index (Phi) is 55.3. The van der Waals surface area contributed by atoms with Crippen molar-refractivity contribution >= 4 is 63.4 Å². The molecule has 5 saturated heterocycles. The molecule has 5 amide bonds. The minimum absolute atomic E-state index is 0. The quantitative estimate of drug-likeness (QED) is 0.0894. The number of carbonyl (C=O) groups excluding carboxylic acids is 7. The molecule has 546 valence electrons. The first-order chi connectivity index (χ1) is 45.8. The van der Waals surface area contributed by atoms with Gasteiger partial charge in [0, 0.05) is 236 Å². The Bertz CT molecular complexity index is 3010. The van der Waals surface area contributed by atoms with E-state index in [9.17, 15) is 38.0 Å². The molecule has 25 nitrogen and oxygen atoms in total. The number of carbonyl (C=O) groups is 7. The number of piperazine rings is 4.